The van der Waals surface area contributed by atoms with E-state index in [0.717, 1.165) is 25.8 Å². The molecular weight excluding hydrogens is 190 g/mol. The van der Waals surface area contributed by atoms with E-state index in [2.05, 4.69) is 11.9 Å². The maximum Gasteiger partial charge on any atom is 0.153 e. The molecule has 2 rings (SSSR count). The minimum atomic E-state index is 0.219. The maximum atomic E-state index is 10.8. The van der Waals surface area contributed by atoms with Crippen LogP contribution in [0.2, 0.25) is 0 Å². The first kappa shape index (κ1) is 10.2. The number of rotatable bonds is 3. The van der Waals surface area contributed by atoms with Crippen molar-refractivity contribution in [3.63, 3.8) is 0 Å². The van der Waals surface area contributed by atoms with Gasteiger partial charge in [-0.3, -0.25) is 4.79 Å². The Bertz CT molecular complexity index is 351. The number of likely N-dealkylation sites (N-methyl/N-ethyl adjacent to an activating group) is 1. The molecule has 1 aliphatic rings. The van der Waals surface area contributed by atoms with Gasteiger partial charge in [0.1, 0.15) is 11.9 Å². The Morgan fingerprint density at radius 1 is 1.47 bits per heavy atom. The molecule has 0 aromatic heterocycles. The van der Waals surface area contributed by atoms with Crippen LogP contribution in [0.5, 0.6) is 5.75 Å². The molecule has 0 radical (unpaired) electrons. The van der Waals surface area contributed by atoms with Crippen LogP contribution in [0.15, 0.2) is 24.3 Å². The second kappa shape index (κ2) is 4.45. The molecule has 0 bridgehead atoms. The highest BCUT2D eigenvalue weighted by Gasteiger charge is 2.21. The van der Waals surface area contributed by atoms with E-state index in [9.17, 15) is 4.79 Å². The van der Waals surface area contributed by atoms with Crippen molar-refractivity contribution in [3.8, 4) is 5.75 Å². The standard InChI is InChI=1S/C12H15NO2/c1-13-7-6-11(8-13)15-12-5-3-2-4-10(12)9-14/h2-5,9,11H,6-8H2,1H3. The summed E-state index contributed by atoms with van der Waals surface area (Å²) in [5.41, 5.74) is 0.632. The van der Waals surface area contributed by atoms with E-state index in [4.69, 9.17) is 4.74 Å². The van der Waals surface area contributed by atoms with Crippen molar-refractivity contribution in [3.05, 3.63) is 29.8 Å². The van der Waals surface area contributed by atoms with Crippen molar-refractivity contribution in [1.82, 2.24) is 4.90 Å². The molecule has 1 fully saturated rings. The molecule has 0 spiro atoms. The number of likely N-dealkylation sites (tertiary alicyclic amines) is 1. The van der Waals surface area contributed by atoms with E-state index in [1.165, 1.54) is 0 Å². The van der Waals surface area contributed by atoms with Gasteiger partial charge in [0.25, 0.3) is 0 Å². The topological polar surface area (TPSA) is 29.5 Å². The maximum absolute atomic E-state index is 10.8. The Morgan fingerprint density at radius 2 is 2.27 bits per heavy atom. The van der Waals surface area contributed by atoms with Crippen LogP contribution in [0, 0.1) is 0 Å². The number of hydrogen-bond acceptors (Lipinski definition) is 3. The van der Waals surface area contributed by atoms with Gasteiger partial charge in [-0.1, -0.05) is 12.1 Å². The molecule has 1 heterocycles. The Balaban J connectivity index is 2.07. The molecule has 1 unspecified atom stereocenters. The summed E-state index contributed by atoms with van der Waals surface area (Å²) in [6.45, 7) is 2.00. The molecule has 0 amide bonds. The number of carbonyl (C=O) groups excluding carboxylic acids is 1. The fourth-order valence-electron chi connectivity index (χ4n) is 1.86. The van der Waals surface area contributed by atoms with Crippen LogP contribution in [0.1, 0.15) is 16.8 Å². The number of aldehydes is 1. The number of ether oxygens (including phenoxy) is 1. The van der Waals surface area contributed by atoms with E-state index in [1.807, 2.05) is 18.2 Å². The van der Waals surface area contributed by atoms with E-state index in [-0.39, 0.29) is 6.10 Å². The number of hydrogen-bond donors (Lipinski definition) is 0. The summed E-state index contributed by atoms with van der Waals surface area (Å²) >= 11 is 0. The molecule has 1 atom stereocenters. The molecule has 0 N–H and O–H groups in total. The first-order valence-electron chi connectivity index (χ1n) is 5.19. The molecule has 3 heteroatoms. The predicted octanol–water partition coefficient (Wildman–Crippen LogP) is 1.58. The van der Waals surface area contributed by atoms with Gasteiger partial charge < -0.3 is 9.64 Å². The molecule has 0 saturated carbocycles. The summed E-state index contributed by atoms with van der Waals surface area (Å²) in [4.78, 5) is 13.0. The predicted molar refractivity (Wildman–Crippen MR) is 58.4 cm³/mol. The van der Waals surface area contributed by atoms with Gasteiger partial charge in [-0.15, -0.1) is 0 Å². The molecular formula is C12H15NO2. The Morgan fingerprint density at radius 3 is 2.93 bits per heavy atom. The fourth-order valence-corrected chi connectivity index (χ4v) is 1.86. The highest BCUT2D eigenvalue weighted by Crippen LogP contribution is 2.20. The minimum absolute atomic E-state index is 0.219. The van der Waals surface area contributed by atoms with Gasteiger partial charge >= 0.3 is 0 Å². The lowest BCUT2D eigenvalue weighted by Gasteiger charge is -2.14. The molecule has 15 heavy (non-hydrogen) atoms. The third-order valence-corrected chi connectivity index (χ3v) is 2.69. The second-order valence-electron chi connectivity index (χ2n) is 3.95. The summed E-state index contributed by atoms with van der Waals surface area (Å²) in [5.74, 6) is 0.702. The van der Waals surface area contributed by atoms with Crippen LogP contribution < -0.4 is 4.74 Å². The first-order valence-corrected chi connectivity index (χ1v) is 5.19. The van der Waals surface area contributed by atoms with Crippen molar-refractivity contribution in [1.29, 1.82) is 0 Å². The highest BCUT2D eigenvalue weighted by molar-refractivity contribution is 5.79. The van der Waals surface area contributed by atoms with Crippen LogP contribution in [-0.2, 0) is 0 Å². The third kappa shape index (κ3) is 2.36. The van der Waals surface area contributed by atoms with Crippen molar-refractivity contribution >= 4 is 6.29 Å². The number of para-hydroxylation sites is 1. The van der Waals surface area contributed by atoms with Gasteiger partial charge in [0.15, 0.2) is 6.29 Å². The van der Waals surface area contributed by atoms with Crippen LogP contribution >= 0.6 is 0 Å². The van der Waals surface area contributed by atoms with Crippen molar-refractivity contribution < 1.29 is 9.53 Å². The molecule has 80 valence electrons. The Hall–Kier alpha value is -1.35. The summed E-state index contributed by atoms with van der Waals surface area (Å²) in [5, 5.41) is 0. The van der Waals surface area contributed by atoms with Gasteiger partial charge in [0.2, 0.25) is 0 Å². The van der Waals surface area contributed by atoms with E-state index >= 15 is 0 Å². The largest absolute Gasteiger partial charge is 0.488 e. The molecule has 1 aromatic carbocycles. The average molecular weight is 205 g/mol. The first-order chi connectivity index (χ1) is 7.29. The van der Waals surface area contributed by atoms with Crippen LogP contribution in [0.25, 0.3) is 0 Å². The van der Waals surface area contributed by atoms with Gasteiger partial charge in [0, 0.05) is 13.1 Å². The average Bonchev–Trinajstić information content (AvgIpc) is 2.65. The van der Waals surface area contributed by atoms with E-state index in [1.54, 1.807) is 6.07 Å². The smallest absolute Gasteiger partial charge is 0.153 e. The van der Waals surface area contributed by atoms with Crippen LogP contribution in [0.3, 0.4) is 0 Å². The van der Waals surface area contributed by atoms with Gasteiger partial charge in [-0.05, 0) is 25.6 Å². The number of carbonyl (C=O) groups is 1. The Labute approximate surface area is 89.7 Å². The Kier molecular flexibility index (Phi) is 3.02. The summed E-state index contributed by atoms with van der Waals surface area (Å²) in [6, 6.07) is 7.36. The summed E-state index contributed by atoms with van der Waals surface area (Å²) in [7, 11) is 2.08. The minimum Gasteiger partial charge on any atom is -0.488 e. The van der Waals surface area contributed by atoms with Gasteiger partial charge in [0.05, 0.1) is 5.56 Å². The van der Waals surface area contributed by atoms with Crippen molar-refractivity contribution in [2.45, 2.75) is 12.5 Å². The van der Waals surface area contributed by atoms with Crippen LogP contribution in [0.4, 0.5) is 0 Å². The molecule has 1 aromatic rings. The fraction of sp³-hybridized carbons (Fsp3) is 0.417. The van der Waals surface area contributed by atoms with Crippen molar-refractivity contribution in [2.24, 2.45) is 0 Å². The lowest BCUT2D eigenvalue weighted by Crippen LogP contribution is -2.21. The SMILES string of the molecule is CN1CCC(Oc2ccccc2C=O)C1. The lowest BCUT2D eigenvalue weighted by atomic mass is 10.2. The third-order valence-electron chi connectivity index (χ3n) is 2.69. The van der Waals surface area contributed by atoms with Gasteiger partial charge in [-0.2, -0.15) is 0 Å². The summed E-state index contributed by atoms with van der Waals surface area (Å²) < 4.78 is 5.79. The normalized spacial score (nSPS) is 21.5. The lowest BCUT2D eigenvalue weighted by molar-refractivity contribution is 0.111. The zero-order chi connectivity index (χ0) is 10.7. The quantitative estimate of drug-likeness (QED) is 0.702. The summed E-state index contributed by atoms with van der Waals surface area (Å²) in [6.07, 6.45) is 2.09. The number of nitrogens with zero attached hydrogens (tertiary/aromatic N) is 1. The van der Waals surface area contributed by atoms with Crippen molar-refractivity contribution in [2.75, 3.05) is 20.1 Å². The van der Waals surface area contributed by atoms with Gasteiger partial charge in [-0.25, -0.2) is 0 Å². The second-order valence-corrected chi connectivity index (χ2v) is 3.95. The zero-order valence-corrected chi connectivity index (χ0v) is 8.85. The van der Waals surface area contributed by atoms with E-state index in [0.29, 0.717) is 11.3 Å². The molecule has 0 aliphatic carbocycles. The van der Waals surface area contributed by atoms with E-state index < -0.39 is 0 Å². The highest BCUT2D eigenvalue weighted by atomic mass is 16.5. The molecule has 3 nitrogen and oxygen atoms in total. The van der Waals surface area contributed by atoms with Crippen LogP contribution in [-0.4, -0.2) is 37.4 Å². The molecule has 1 saturated heterocycles. The molecule has 1 aliphatic heterocycles. The zero-order valence-electron chi connectivity index (χ0n) is 8.85. The monoisotopic (exact) mass is 205 g/mol. The number of benzene rings is 1.